The molecule has 0 spiro atoms. The minimum atomic E-state index is -0.965. The van der Waals surface area contributed by atoms with Crippen molar-refractivity contribution < 1.29 is 33.7 Å². The van der Waals surface area contributed by atoms with Gasteiger partial charge in [-0.3, -0.25) is 14.5 Å². The number of hydrogen-bond donors (Lipinski definition) is 1. The van der Waals surface area contributed by atoms with E-state index in [2.05, 4.69) is 0 Å². The van der Waals surface area contributed by atoms with Crippen molar-refractivity contribution in [2.75, 3.05) is 25.7 Å². The molecule has 0 radical (unpaired) electrons. The number of amides is 1. The molecule has 1 atom stereocenters. The van der Waals surface area contributed by atoms with E-state index in [1.165, 1.54) is 31.3 Å². The molecular formula is C29H27NO7. The van der Waals surface area contributed by atoms with Gasteiger partial charge < -0.3 is 19.3 Å². The summed E-state index contributed by atoms with van der Waals surface area (Å²) in [7, 11) is 2.92. The normalized spacial score (nSPS) is 16.5. The van der Waals surface area contributed by atoms with Gasteiger partial charge in [0.25, 0.3) is 11.7 Å². The molecule has 1 amide bonds. The van der Waals surface area contributed by atoms with Gasteiger partial charge in [0.05, 0.1) is 43.6 Å². The predicted octanol–water partition coefficient (Wildman–Crippen LogP) is 4.82. The number of hydrogen-bond acceptors (Lipinski definition) is 7. The zero-order valence-electron chi connectivity index (χ0n) is 21.0. The van der Waals surface area contributed by atoms with Crippen molar-refractivity contribution in [3.8, 4) is 11.5 Å². The number of aryl methyl sites for hydroxylation is 1. The van der Waals surface area contributed by atoms with Crippen LogP contribution in [0.5, 0.6) is 11.5 Å². The second-order valence-corrected chi connectivity index (χ2v) is 8.42. The molecule has 37 heavy (non-hydrogen) atoms. The van der Waals surface area contributed by atoms with Crippen LogP contribution >= 0.6 is 0 Å². The van der Waals surface area contributed by atoms with E-state index in [-0.39, 0.29) is 23.3 Å². The van der Waals surface area contributed by atoms with Gasteiger partial charge in [0.15, 0.2) is 0 Å². The van der Waals surface area contributed by atoms with Gasteiger partial charge in [0.2, 0.25) is 0 Å². The average molecular weight is 502 g/mol. The highest BCUT2D eigenvalue weighted by atomic mass is 16.5. The van der Waals surface area contributed by atoms with Crippen molar-refractivity contribution in [2.24, 2.45) is 0 Å². The van der Waals surface area contributed by atoms with Crippen molar-refractivity contribution >= 4 is 29.1 Å². The fraction of sp³-hybridized carbons (Fsp3) is 0.207. The number of carbonyl (C=O) groups excluding carboxylic acids is 3. The van der Waals surface area contributed by atoms with Crippen LogP contribution in [0.1, 0.15) is 40.0 Å². The van der Waals surface area contributed by atoms with Crippen LogP contribution in [0.15, 0.2) is 72.3 Å². The maximum absolute atomic E-state index is 13.5. The summed E-state index contributed by atoms with van der Waals surface area (Å²) in [5, 5.41) is 11.5. The lowest BCUT2D eigenvalue weighted by Gasteiger charge is -2.26. The summed E-state index contributed by atoms with van der Waals surface area (Å²) in [5.41, 5.74) is 2.17. The lowest BCUT2D eigenvalue weighted by molar-refractivity contribution is -0.132. The lowest BCUT2D eigenvalue weighted by atomic mass is 9.94. The molecule has 1 unspecified atom stereocenters. The summed E-state index contributed by atoms with van der Waals surface area (Å²) in [6, 6.07) is 17.5. The molecule has 1 N–H and O–H groups in total. The Kier molecular flexibility index (Phi) is 7.29. The molecule has 8 nitrogen and oxygen atoms in total. The first kappa shape index (κ1) is 25.5. The first-order valence-electron chi connectivity index (χ1n) is 11.7. The third-order valence-corrected chi connectivity index (χ3v) is 6.10. The fourth-order valence-corrected chi connectivity index (χ4v) is 4.40. The molecule has 0 aliphatic carbocycles. The van der Waals surface area contributed by atoms with E-state index >= 15 is 0 Å². The average Bonchev–Trinajstić information content (AvgIpc) is 3.18. The maximum atomic E-state index is 13.5. The number of Topliss-reactive ketones (excluding diaryl/α,β-unsaturated/α-hetero) is 1. The minimum Gasteiger partial charge on any atom is -0.507 e. The van der Waals surface area contributed by atoms with Gasteiger partial charge in [-0.1, -0.05) is 35.9 Å². The van der Waals surface area contributed by atoms with Crippen molar-refractivity contribution in [1.29, 1.82) is 0 Å². The van der Waals surface area contributed by atoms with E-state index in [1.807, 2.05) is 25.1 Å². The van der Waals surface area contributed by atoms with Crippen LogP contribution in [-0.2, 0) is 14.3 Å². The number of nitrogens with zero attached hydrogens (tertiary/aromatic N) is 1. The molecule has 0 saturated carbocycles. The Balaban J connectivity index is 1.96. The zero-order valence-corrected chi connectivity index (χ0v) is 21.0. The topological polar surface area (TPSA) is 102 Å². The van der Waals surface area contributed by atoms with Crippen LogP contribution in [-0.4, -0.2) is 43.6 Å². The molecule has 8 heteroatoms. The second kappa shape index (κ2) is 10.6. The molecule has 0 aromatic heterocycles. The van der Waals surface area contributed by atoms with Crippen molar-refractivity contribution in [3.63, 3.8) is 0 Å². The molecule has 0 bridgehead atoms. The molecule has 1 heterocycles. The molecule has 3 aromatic carbocycles. The monoisotopic (exact) mass is 501 g/mol. The van der Waals surface area contributed by atoms with Crippen LogP contribution in [0, 0.1) is 6.92 Å². The summed E-state index contributed by atoms with van der Waals surface area (Å²) in [6.07, 6.45) is 0. The largest absolute Gasteiger partial charge is 0.507 e. The number of benzene rings is 3. The number of aliphatic hydroxyl groups excluding tert-OH is 1. The number of rotatable bonds is 7. The number of ketones is 1. The standard InChI is InChI=1S/C29H27NO7/c1-5-37-29(34)19-10-7-11-20(15-19)30-25(18-9-6-8-17(2)14-18)24(27(32)28(30)33)26(31)22-16-21(35-3)12-13-23(22)36-4/h6-16,25,31H,5H2,1-4H3/b26-24+. The molecular weight excluding hydrogens is 474 g/mol. The zero-order chi connectivity index (χ0) is 26.7. The lowest BCUT2D eigenvalue weighted by Crippen LogP contribution is -2.29. The second-order valence-electron chi connectivity index (χ2n) is 8.42. The number of methoxy groups -OCH3 is 2. The highest BCUT2D eigenvalue weighted by Crippen LogP contribution is 2.44. The third kappa shape index (κ3) is 4.78. The van der Waals surface area contributed by atoms with E-state index in [0.717, 1.165) is 5.56 Å². The van der Waals surface area contributed by atoms with Gasteiger partial charge in [-0.25, -0.2) is 4.79 Å². The highest BCUT2D eigenvalue weighted by Gasteiger charge is 2.47. The van der Waals surface area contributed by atoms with E-state index in [1.54, 1.807) is 43.3 Å². The predicted molar refractivity (Wildman–Crippen MR) is 138 cm³/mol. The van der Waals surface area contributed by atoms with Gasteiger partial charge in [-0.15, -0.1) is 0 Å². The van der Waals surface area contributed by atoms with Gasteiger partial charge in [0, 0.05) is 5.69 Å². The van der Waals surface area contributed by atoms with Crippen LogP contribution in [0.4, 0.5) is 5.69 Å². The van der Waals surface area contributed by atoms with Gasteiger partial charge in [-0.05, 0) is 55.8 Å². The Labute approximate surface area is 214 Å². The van der Waals surface area contributed by atoms with E-state index in [0.29, 0.717) is 22.7 Å². The molecule has 1 saturated heterocycles. The van der Waals surface area contributed by atoms with Crippen molar-refractivity contribution in [3.05, 3.63) is 94.6 Å². The fourth-order valence-electron chi connectivity index (χ4n) is 4.40. The number of esters is 1. The summed E-state index contributed by atoms with van der Waals surface area (Å²) in [5.74, 6) is -1.91. The van der Waals surface area contributed by atoms with E-state index in [4.69, 9.17) is 14.2 Å². The summed E-state index contributed by atoms with van der Waals surface area (Å²) in [6.45, 7) is 3.78. The number of anilines is 1. The van der Waals surface area contributed by atoms with Crippen LogP contribution in [0.25, 0.3) is 5.76 Å². The van der Waals surface area contributed by atoms with Crippen LogP contribution < -0.4 is 14.4 Å². The molecule has 1 fully saturated rings. The molecule has 1 aliphatic rings. The molecule has 4 rings (SSSR count). The molecule has 3 aromatic rings. The number of aliphatic hydroxyl groups is 1. The van der Waals surface area contributed by atoms with Crippen LogP contribution in [0.2, 0.25) is 0 Å². The summed E-state index contributed by atoms with van der Waals surface area (Å²) >= 11 is 0. The minimum absolute atomic E-state index is 0.108. The van der Waals surface area contributed by atoms with E-state index in [9.17, 15) is 19.5 Å². The van der Waals surface area contributed by atoms with Crippen molar-refractivity contribution in [1.82, 2.24) is 0 Å². The first-order chi connectivity index (χ1) is 17.8. The van der Waals surface area contributed by atoms with Crippen LogP contribution in [0.3, 0.4) is 0 Å². The first-order valence-corrected chi connectivity index (χ1v) is 11.7. The van der Waals surface area contributed by atoms with E-state index < -0.39 is 29.5 Å². The molecule has 1 aliphatic heterocycles. The molecule has 190 valence electrons. The van der Waals surface area contributed by atoms with Gasteiger partial charge in [0.1, 0.15) is 17.3 Å². The quantitative estimate of drug-likeness (QED) is 0.214. The van der Waals surface area contributed by atoms with Crippen molar-refractivity contribution in [2.45, 2.75) is 19.9 Å². The SMILES string of the molecule is CCOC(=O)c1cccc(N2C(=O)C(=O)/C(=C(/O)c3cc(OC)ccc3OC)C2c2cccc(C)c2)c1. The Morgan fingerprint density at radius 2 is 1.73 bits per heavy atom. The number of ether oxygens (including phenoxy) is 3. The Morgan fingerprint density at radius 1 is 0.973 bits per heavy atom. The number of carbonyl (C=O) groups is 3. The van der Waals surface area contributed by atoms with Gasteiger partial charge in [-0.2, -0.15) is 0 Å². The maximum Gasteiger partial charge on any atom is 0.338 e. The summed E-state index contributed by atoms with van der Waals surface area (Å²) in [4.78, 5) is 40.6. The highest BCUT2D eigenvalue weighted by molar-refractivity contribution is 6.51. The smallest absolute Gasteiger partial charge is 0.338 e. The Hall–Kier alpha value is -4.59. The third-order valence-electron chi connectivity index (χ3n) is 6.10. The Bertz CT molecular complexity index is 1410. The summed E-state index contributed by atoms with van der Waals surface area (Å²) < 4.78 is 15.8. The van der Waals surface area contributed by atoms with Gasteiger partial charge >= 0.3 is 5.97 Å². The Morgan fingerprint density at radius 3 is 2.41 bits per heavy atom.